The van der Waals surface area contributed by atoms with Crippen molar-refractivity contribution >= 4 is 35.2 Å². The van der Waals surface area contributed by atoms with Crippen molar-refractivity contribution in [3.8, 4) is 0 Å². The van der Waals surface area contributed by atoms with E-state index in [0.717, 1.165) is 24.0 Å². The minimum atomic E-state index is -0.279. The highest BCUT2D eigenvalue weighted by atomic mass is 16.2. The molecule has 0 aliphatic heterocycles. The van der Waals surface area contributed by atoms with E-state index < -0.39 is 0 Å². The molecule has 1 fully saturated rings. The number of carbonyl (C=O) groups excluding carboxylic acids is 3. The zero-order valence-corrected chi connectivity index (χ0v) is 15.9. The highest BCUT2D eigenvalue weighted by molar-refractivity contribution is 6.03. The summed E-state index contributed by atoms with van der Waals surface area (Å²) in [6.45, 7) is 3.27. The first-order valence-electron chi connectivity index (χ1n) is 9.19. The van der Waals surface area contributed by atoms with Crippen LogP contribution < -0.4 is 16.0 Å². The summed E-state index contributed by atoms with van der Waals surface area (Å²) in [6, 6.07) is 12.7. The molecule has 0 atom stereocenters. The number of anilines is 2. The van der Waals surface area contributed by atoms with Crippen molar-refractivity contribution in [3.63, 3.8) is 0 Å². The normalized spacial score (nSPS) is 13.2. The predicted octanol–water partition coefficient (Wildman–Crippen LogP) is 3.50. The van der Waals surface area contributed by atoms with Gasteiger partial charge in [0.15, 0.2) is 0 Å². The molecule has 0 bridgehead atoms. The van der Waals surface area contributed by atoms with Crippen LogP contribution in [-0.2, 0) is 9.59 Å². The maximum Gasteiger partial charge on any atom is 0.251 e. The molecule has 144 valence electrons. The van der Waals surface area contributed by atoms with E-state index in [4.69, 9.17) is 0 Å². The number of amides is 3. The Morgan fingerprint density at radius 2 is 1.61 bits per heavy atom. The van der Waals surface area contributed by atoms with Gasteiger partial charge in [0.25, 0.3) is 5.91 Å². The highest BCUT2D eigenvalue weighted by Crippen LogP contribution is 2.23. The summed E-state index contributed by atoms with van der Waals surface area (Å²) < 4.78 is 0. The summed E-state index contributed by atoms with van der Waals surface area (Å²) in [4.78, 5) is 35.5. The van der Waals surface area contributed by atoms with Gasteiger partial charge in [-0.3, -0.25) is 14.4 Å². The summed E-state index contributed by atoms with van der Waals surface area (Å²) in [5.41, 5.74) is 3.51. The lowest BCUT2D eigenvalue weighted by molar-refractivity contribution is -0.114. The molecule has 3 rings (SSSR count). The van der Waals surface area contributed by atoms with Gasteiger partial charge in [0, 0.05) is 36.0 Å². The van der Waals surface area contributed by atoms with E-state index in [9.17, 15) is 14.4 Å². The molecule has 28 heavy (non-hydrogen) atoms. The highest BCUT2D eigenvalue weighted by Gasteiger charge is 2.23. The number of nitrogens with one attached hydrogen (secondary N) is 3. The average molecular weight is 377 g/mol. The zero-order valence-electron chi connectivity index (χ0n) is 15.9. The molecule has 3 N–H and O–H groups in total. The van der Waals surface area contributed by atoms with Crippen LogP contribution in [0.5, 0.6) is 0 Å². The monoisotopic (exact) mass is 377 g/mol. The third-order valence-electron chi connectivity index (χ3n) is 4.41. The molecule has 1 aliphatic rings. The molecule has 0 unspecified atom stereocenters. The van der Waals surface area contributed by atoms with E-state index in [0.29, 0.717) is 23.0 Å². The Morgan fingerprint density at radius 1 is 0.964 bits per heavy atom. The Balaban J connectivity index is 1.60. The van der Waals surface area contributed by atoms with Crippen molar-refractivity contribution in [2.45, 2.75) is 32.7 Å². The van der Waals surface area contributed by atoms with E-state index in [1.54, 1.807) is 48.5 Å². The fourth-order valence-corrected chi connectivity index (χ4v) is 2.68. The summed E-state index contributed by atoms with van der Waals surface area (Å²) in [6.07, 6.45) is 5.22. The van der Waals surface area contributed by atoms with Crippen molar-refractivity contribution in [1.29, 1.82) is 0 Å². The van der Waals surface area contributed by atoms with Gasteiger partial charge in [-0.15, -0.1) is 0 Å². The second-order valence-corrected chi connectivity index (χ2v) is 6.85. The first-order chi connectivity index (χ1) is 13.4. The van der Waals surface area contributed by atoms with Gasteiger partial charge < -0.3 is 16.0 Å². The molecule has 1 saturated carbocycles. The third kappa shape index (κ3) is 5.30. The van der Waals surface area contributed by atoms with Gasteiger partial charge in [0.2, 0.25) is 11.8 Å². The Bertz CT molecular complexity index is 929. The quantitative estimate of drug-likeness (QED) is 0.674. The van der Waals surface area contributed by atoms with Crippen molar-refractivity contribution in [1.82, 2.24) is 5.32 Å². The Morgan fingerprint density at radius 3 is 2.21 bits per heavy atom. The van der Waals surface area contributed by atoms with Gasteiger partial charge in [0.05, 0.1) is 0 Å². The van der Waals surface area contributed by atoms with Crippen LogP contribution in [0.2, 0.25) is 0 Å². The molecule has 0 radical (unpaired) electrons. The Labute approximate surface area is 164 Å². The van der Waals surface area contributed by atoms with Gasteiger partial charge in [0.1, 0.15) is 0 Å². The SMILES string of the molecule is CC(=O)Nc1cccc(NC(=O)/C=C/c2ccc(C(=O)NC3CC3)cc2)c1C. The standard InChI is InChI=1S/C22H23N3O3/c1-14-19(23-15(2)26)4-3-5-20(14)25-21(27)13-8-16-6-9-17(10-7-16)22(28)24-18-11-12-18/h3-10,13,18H,11-12H2,1-2H3,(H,23,26)(H,24,28)(H,25,27)/b13-8+. The largest absolute Gasteiger partial charge is 0.349 e. The number of benzene rings is 2. The van der Waals surface area contributed by atoms with Crippen LogP contribution in [0.15, 0.2) is 48.5 Å². The summed E-state index contributed by atoms with van der Waals surface area (Å²) in [5, 5.41) is 8.49. The second-order valence-electron chi connectivity index (χ2n) is 6.85. The lowest BCUT2D eigenvalue weighted by Gasteiger charge is -2.11. The molecular formula is C22H23N3O3. The smallest absolute Gasteiger partial charge is 0.251 e. The van der Waals surface area contributed by atoms with Crippen LogP contribution in [-0.4, -0.2) is 23.8 Å². The summed E-state index contributed by atoms with van der Waals surface area (Å²) in [5.74, 6) is -0.510. The van der Waals surface area contributed by atoms with E-state index in [1.165, 1.54) is 13.0 Å². The van der Waals surface area contributed by atoms with Crippen LogP contribution in [0.3, 0.4) is 0 Å². The lowest BCUT2D eigenvalue weighted by atomic mass is 10.1. The molecule has 3 amide bonds. The average Bonchev–Trinajstić information content (AvgIpc) is 3.47. The van der Waals surface area contributed by atoms with Crippen LogP contribution >= 0.6 is 0 Å². The summed E-state index contributed by atoms with van der Waals surface area (Å²) in [7, 11) is 0. The molecule has 0 aromatic heterocycles. The van der Waals surface area contributed by atoms with E-state index in [-0.39, 0.29) is 17.7 Å². The first kappa shape index (κ1) is 19.4. The van der Waals surface area contributed by atoms with Gasteiger partial charge in [-0.05, 0) is 61.2 Å². The molecule has 6 nitrogen and oxygen atoms in total. The third-order valence-corrected chi connectivity index (χ3v) is 4.41. The minimum Gasteiger partial charge on any atom is -0.349 e. The first-order valence-corrected chi connectivity index (χ1v) is 9.19. The molecular weight excluding hydrogens is 354 g/mol. The minimum absolute atomic E-state index is 0.0645. The van der Waals surface area contributed by atoms with Crippen LogP contribution in [0.25, 0.3) is 6.08 Å². The molecule has 2 aromatic rings. The molecule has 6 heteroatoms. The van der Waals surface area contributed by atoms with E-state index in [2.05, 4.69) is 16.0 Å². The zero-order chi connectivity index (χ0) is 20.1. The van der Waals surface area contributed by atoms with Crippen molar-refractivity contribution in [2.75, 3.05) is 10.6 Å². The molecule has 1 aliphatic carbocycles. The molecule has 2 aromatic carbocycles. The van der Waals surface area contributed by atoms with E-state index in [1.807, 2.05) is 6.92 Å². The maximum absolute atomic E-state index is 12.2. The second kappa shape index (κ2) is 8.52. The van der Waals surface area contributed by atoms with Gasteiger partial charge in [-0.2, -0.15) is 0 Å². The number of carbonyl (C=O) groups is 3. The molecule has 0 heterocycles. The predicted molar refractivity (Wildman–Crippen MR) is 110 cm³/mol. The Kier molecular flexibility index (Phi) is 5.89. The summed E-state index contributed by atoms with van der Waals surface area (Å²) >= 11 is 0. The number of rotatable bonds is 6. The fraction of sp³-hybridized carbons (Fsp3) is 0.227. The maximum atomic E-state index is 12.2. The topological polar surface area (TPSA) is 87.3 Å². The van der Waals surface area contributed by atoms with E-state index >= 15 is 0 Å². The lowest BCUT2D eigenvalue weighted by Crippen LogP contribution is -2.25. The number of hydrogen-bond acceptors (Lipinski definition) is 3. The molecule has 0 saturated heterocycles. The van der Waals surface area contributed by atoms with Gasteiger partial charge >= 0.3 is 0 Å². The molecule has 0 spiro atoms. The van der Waals surface area contributed by atoms with Gasteiger partial charge in [-0.25, -0.2) is 0 Å². The fourth-order valence-electron chi connectivity index (χ4n) is 2.68. The number of hydrogen-bond donors (Lipinski definition) is 3. The van der Waals surface area contributed by atoms with Crippen molar-refractivity contribution < 1.29 is 14.4 Å². The van der Waals surface area contributed by atoms with Crippen molar-refractivity contribution in [2.24, 2.45) is 0 Å². The van der Waals surface area contributed by atoms with Crippen LogP contribution in [0.4, 0.5) is 11.4 Å². The van der Waals surface area contributed by atoms with Crippen molar-refractivity contribution in [3.05, 3.63) is 65.2 Å². The van der Waals surface area contributed by atoms with Crippen LogP contribution in [0, 0.1) is 6.92 Å². The van der Waals surface area contributed by atoms with Gasteiger partial charge in [-0.1, -0.05) is 18.2 Å². The Hall–Kier alpha value is -3.41. The van der Waals surface area contributed by atoms with Crippen LogP contribution in [0.1, 0.15) is 41.3 Å².